The van der Waals surface area contributed by atoms with Crippen LogP contribution in [-0.4, -0.2) is 91.2 Å². The zero-order valence-corrected chi connectivity index (χ0v) is 36.7. The van der Waals surface area contributed by atoms with E-state index in [0.29, 0.717) is 23.3 Å². The highest BCUT2D eigenvalue weighted by Gasteiger charge is 2.78. The van der Waals surface area contributed by atoms with Crippen LogP contribution in [0.1, 0.15) is 99.4 Å². The molecule has 0 amide bonds. The average Bonchev–Trinajstić information content (AvgIpc) is 3.13. The lowest BCUT2D eigenvalue weighted by molar-refractivity contribution is -0.257. The number of thioether (sulfide) groups is 1. The number of rotatable bonds is 13. The molecule has 9 atom stereocenters. The van der Waals surface area contributed by atoms with Crippen LogP contribution in [0.4, 0.5) is 0 Å². The number of fused-ring (bicyclic) bond motifs is 5. The predicted molar refractivity (Wildman–Crippen MR) is 214 cm³/mol. The Morgan fingerprint density at radius 2 is 1.45 bits per heavy atom. The van der Waals surface area contributed by atoms with Crippen molar-refractivity contribution in [2.24, 2.45) is 16.7 Å². The highest BCUT2D eigenvalue weighted by molar-refractivity contribution is 8.01. The van der Waals surface area contributed by atoms with Crippen molar-refractivity contribution in [1.82, 2.24) is 0 Å². The van der Waals surface area contributed by atoms with E-state index in [1.54, 1.807) is 36.0 Å². The van der Waals surface area contributed by atoms with Gasteiger partial charge in [-0.3, -0.25) is 9.59 Å². The van der Waals surface area contributed by atoms with Gasteiger partial charge in [-0.1, -0.05) is 73.6 Å². The molecule has 0 spiro atoms. The quantitative estimate of drug-likeness (QED) is 0.116. The SMILES string of the molecule is CC[Si](CC)(CC)O[C@H]1C(=O)[C@]2(C)[C@@H](O[Si](CC)(CC)CC)C[C@H]3SC[C@@]3(OC(C)=O)[C@H]2[C@H](OC(=O)c2ccccc2)[C@]2(O)C[C@H](O)C(C)=C1C2(C)C. The number of hydrogen-bond acceptors (Lipinski definition) is 10. The molecule has 2 bridgehead atoms. The minimum Gasteiger partial charge on any atom is -0.457 e. The van der Waals surface area contributed by atoms with E-state index in [9.17, 15) is 19.8 Å². The van der Waals surface area contributed by atoms with E-state index >= 15 is 4.79 Å². The summed E-state index contributed by atoms with van der Waals surface area (Å²) in [5.74, 6) is -2.05. The van der Waals surface area contributed by atoms with Gasteiger partial charge in [0.2, 0.25) is 0 Å². The second-order valence-corrected chi connectivity index (χ2v) is 27.5. The van der Waals surface area contributed by atoms with E-state index < -0.39 is 80.9 Å². The lowest BCUT2D eigenvalue weighted by atomic mass is 9.45. The van der Waals surface area contributed by atoms with E-state index in [1.807, 2.05) is 33.8 Å². The number of ketones is 1. The van der Waals surface area contributed by atoms with Crippen molar-refractivity contribution in [2.75, 3.05) is 5.75 Å². The Morgan fingerprint density at radius 3 is 1.94 bits per heavy atom. The number of ether oxygens (including phenoxy) is 2. The third-order valence-corrected chi connectivity index (χ3v) is 25.4. The zero-order valence-electron chi connectivity index (χ0n) is 33.9. The first-order valence-electron chi connectivity index (χ1n) is 19.9. The van der Waals surface area contributed by atoms with E-state index in [-0.39, 0.29) is 23.0 Å². The third-order valence-electron chi connectivity index (χ3n) is 14.5. The average molecular weight is 789 g/mol. The Labute approximate surface area is 323 Å². The standard InChI is InChI=1S/C41H64O9SSi2/c1-12-52(13-2,14-3)49-30-23-31-40(25-51-31,48-27(8)42)34-36(47-37(45)28-21-19-18-20-22-28)41(46)24-29(43)26(7)32(38(41,9)10)33(35(44)39(30,34)11)50-53(15-4,16-5)17-6/h18-22,29-31,33-34,36,43,46H,12-17,23-25H2,1-11H3/t29-,30-,31+,33+,34-,36-,39+,40-,41+/m0/s1. The number of aliphatic hydroxyl groups excluding tert-OH is 1. The minimum atomic E-state index is -2.53. The lowest BCUT2D eigenvalue weighted by Gasteiger charge is -2.69. The van der Waals surface area contributed by atoms with E-state index in [4.69, 9.17) is 18.3 Å². The first-order chi connectivity index (χ1) is 24.9. The van der Waals surface area contributed by atoms with Crippen LogP contribution in [0.15, 0.2) is 41.5 Å². The molecule has 0 unspecified atom stereocenters. The molecule has 3 fully saturated rings. The largest absolute Gasteiger partial charge is 0.457 e. The van der Waals surface area contributed by atoms with Crippen molar-refractivity contribution in [3.05, 3.63) is 47.0 Å². The highest BCUT2D eigenvalue weighted by Crippen LogP contribution is 2.67. The number of hydrogen-bond donors (Lipinski definition) is 2. The number of esters is 2. The van der Waals surface area contributed by atoms with Gasteiger partial charge >= 0.3 is 11.9 Å². The second-order valence-electron chi connectivity index (χ2n) is 16.9. The van der Waals surface area contributed by atoms with Crippen LogP contribution in [0.3, 0.4) is 0 Å². The molecule has 4 aliphatic rings. The summed E-state index contributed by atoms with van der Waals surface area (Å²) in [7, 11) is -4.92. The molecule has 1 aromatic carbocycles. The highest BCUT2D eigenvalue weighted by atomic mass is 32.2. The van der Waals surface area contributed by atoms with Gasteiger partial charge in [0.25, 0.3) is 0 Å². The molecule has 0 radical (unpaired) electrons. The zero-order chi connectivity index (χ0) is 39.4. The van der Waals surface area contributed by atoms with Crippen molar-refractivity contribution in [1.29, 1.82) is 0 Å². The molecule has 53 heavy (non-hydrogen) atoms. The molecule has 296 valence electrons. The van der Waals surface area contributed by atoms with Crippen LogP contribution in [-0.2, 0) is 27.9 Å². The van der Waals surface area contributed by atoms with Crippen molar-refractivity contribution >= 4 is 46.1 Å². The van der Waals surface area contributed by atoms with Gasteiger partial charge in [0.1, 0.15) is 23.4 Å². The fraction of sp³-hybridized carbons (Fsp3) is 0.732. The molecule has 1 saturated heterocycles. The number of benzene rings is 1. The maximum Gasteiger partial charge on any atom is 0.338 e. The van der Waals surface area contributed by atoms with E-state index in [2.05, 4.69) is 41.5 Å². The summed E-state index contributed by atoms with van der Waals surface area (Å²) in [4.78, 5) is 43.9. The number of carbonyl (C=O) groups is 3. The molecule has 2 saturated carbocycles. The fourth-order valence-electron chi connectivity index (χ4n) is 10.4. The van der Waals surface area contributed by atoms with Crippen molar-refractivity contribution in [3.8, 4) is 0 Å². The Hall–Kier alpha value is -1.81. The van der Waals surface area contributed by atoms with Crippen LogP contribution in [0, 0.1) is 16.7 Å². The Kier molecular flexibility index (Phi) is 12.2. The van der Waals surface area contributed by atoms with E-state index in [0.717, 1.165) is 36.3 Å². The molecular formula is C41H64O9SSi2. The molecular weight excluding hydrogens is 725 g/mol. The van der Waals surface area contributed by atoms with Gasteiger partial charge in [0.15, 0.2) is 22.4 Å². The summed E-state index contributed by atoms with van der Waals surface area (Å²) in [5, 5.41) is 25.3. The topological polar surface area (TPSA) is 129 Å². The van der Waals surface area contributed by atoms with Gasteiger partial charge in [-0.05, 0) is 79.8 Å². The maximum absolute atomic E-state index is 16.3. The van der Waals surface area contributed by atoms with E-state index in [1.165, 1.54) is 6.92 Å². The maximum atomic E-state index is 16.3. The van der Waals surface area contributed by atoms with Crippen molar-refractivity contribution < 1.29 is 42.9 Å². The minimum absolute atomic E-state index is 0.148. The van der Waals surface area contributed by atoms with Crippen molar-refractivity contribution in [2.45, 2.75) is 166 Å². The number of Topliss-reactive ketones (excluding diaryl/α,β-unsaturated/α-hetero) is 1. The van der Waals surface area contributed by atoms with Gasteiger partial charge in [-0.15, -0.1) is 0 Å². The summed E-state index contributed by atoms with van der Waals surface area (Å²) in [6.45, 7) is 21.7. The summed E-state index contributed by atoms with van der Waals surface area (Å²) < 4.78 is 27.9. The van der Waals surface area contributed by atoms with Crippen LogP contribution in [0.2, 0.25) is 36.3 Å². The molecule has 1 heterocycles. The predicted octanol–water partition coefficient (Wildman–Crippen LogP) is 7.86. The van der Waals surface area contributed by atoms with Crippen LogP contribution >= 0.6 is 11.8 Å². The Bertz CT molecular complexity index is 1560. The Balaban J connectivity index is 1.91. The summed E-state index contributed by atoms with van der Waals surface area (Å²) in [6.07, 6.45) is -3.94. The number of carbonyl (C=O) groups excluding carboxylic acids is 3. The normalized spacial score (nSPS) is 35.3. The fourth-order valence-corrected chi connectivity index (χ4v) is 17.6. The molecule has 0 aromatic heterocycles. The van der Waals surface area contributed by atoms with Crippen molar-refractivity contribution in [3.63, 3.8) is 0 Å². The number of aliphatic hydroxyl groups is 2. The van der Waals surface area contributed by atoms with Crippen LogP contribution in [0.5, 0.6) is 0 Å². The molecule has 5 rings (SSSR count). The molecule has 3 aliphatic carbocycles. The smallest absolute Gasteiger partial charge is 0.338 e. The third kappa shape index (κ3) is 6.57. The monoisotopic (exact) mass is 788 g/mol. The lowest BCUT2D eigenvalue weighted by Crippen LogP contribution is -2.80. The first kappa shape index (κ1) is 42.3. The molecule has 9 nitrogen and oxygen atoms in total. The molecule has 2 N–H and O–H groups in total. The molecule has 12 heteroatoms. The first-order valence-corrected chi connectivity index (χ1v) is 26.1. The van der Waals surface area contributed by atoms with Crippen LogP contribution in [0.25, 0.3) is 0 Å². The summed E-state index contributed by atoms with van der Waals surface area (Å²) in [6, 6.07) is 13.5. The second kappa shape index (κ2) is 15.3. The summed E-state index contributed by atoms with van der Waals surface area (Å²) >= 11 is 1.65. The molecule has 1 aliphatic heterocycles. The summed E-state index contributed by atoms with van der Waals surface area (Å²) in [5.41, 5.74) is -4.40. The van der Waals surface area contributed by atoms with Gasteiger partial charge in [-0.2, -0.15) is 11.8 Å². The van der Waals surface area contributed by atoms with Gasteiger partial charge < -0.3 is 28.5 Å². The van der Waals surface area contributed by atoms with Gasteiger partial charge in [0, 0.05) is 29.8 Å². The molecule has 1 aromatic rings. The van der Waals surface area contributed by atoms with Crippen LogP contribution < -0.4 is 0 Å². The Morgan fingerprint density at radius 1 is 0.906 bits per heavy atom. The van der Waals surface area contributed by atoms with Gasteiger partial charge in [-0.25, -0.2) is 4.79 Å². The van der Waals surface area contributed by atoms with Gasteiger partial charge in [0.05, 0.1) is 29.1 Å².